The maximum absolute atomic E-state index is 12.8. The van der Waals surface area contributed by atoms with E-state index in [1.165, 1.54) is 19.1 Å². The van der Waals surface area contributed by atoms with Crippen molar-refractivity contribution in [2.75, 3.05) is 25.7 Å². The molecule has 0 bridgehead atoms. The number of fused-ring (bicyclic) bond motifs is 1. The zero-order valence-corrected chi connectivity index (χ0v) is 11.6. The standard InChI is InChI=1S/C13H15F3N2O3/c1-20-12(21-2)7-18-10-5-8(13(14,15)16)6-17-9(10)3-4-11(18)19/h5-6,12H,3-4,7H2,1-2H3. The average molecular weight is 304 g/mol. The van der Waals surface area contributed by atoms with E-state index in [9.17, 15) is 18.0 Å². The monoisotopic (exact) mass is 304 g/mol. The molecule has 0 spiro atoms. The van der Waals surface area contributed by atoms with Crippen LogP contribution in [0.25, 0.3) is 0 Å². The molecule has 0 aliphatic carbocycles. The molecule has 1 aromatic heterocycles. The van der Waals surface area contributed by atoms with E-state index in [-0.39, 0.29) is 24.6 Å². The van der Waals surface area contributed by atoms with Gasteiger partial charge in [-0.3, -0.25) is 9.78 Å². The van der Waals surface area contributed by atoms with Gasteiger partial charge < -0.3 is 14.4 Å². The van der Waals surface area contributed by atoms with E-state index in [0.29, 0.717) is 12.1 Å². The summed E-state index contributed by atoms with van der Waals surface area (Å²) in [5.41, 5.74) is -0.249. The third-order valence-corrected chi connectivity index (χ3v) is 3.30. The maximum Gasteiger partial charge on any atom is 0.417 e. The van der Waals surface area contributed by atoms with E-state index in [4.69, 9.17) is 9.47 Å². The second-order valence-electron chi connectivity index (χ2n) is 4.59. The van der Waals surface area contributed by atoms with Crippen molar-refractivity contribution in [3.05, 3.63) is 23.5 Å². The van der Waals surface area contributed by atoms with Crippen molar-refractivity contribution in [2.24, 2.45) is 0 Å². The van der Waals surface area contributed by atoms with Gasteiger partial charge in [-0.2, -0.15) is 13.2 Å². The van der Waals surface area contributed by atoms with Crippen molar-refractivity contribution < 1.29 is 27.4 Å². The fourth-order valence-corrected chi connectivity index (χ4v) is 2.15. The van der Waals surface area contributed by atoms with Crippen LogP contribution in [-0.2, 0) is 26.9 Å². The number of hydrogen-bond donors (Lipinski definition) is 0. The normalized spacial score (nSPS) is 15.5. The number of pyridine rings is 1. The summed E-state index contributed by atoms with van der Waals surface area (Å²) in [6.07, 6.45) is -3.90. The van der Waals surface area contributed by atoms with Gasteiger partial charge >= 0.3 is 6.18 Å². The van der Waals surface area contributed by atoms with Crippen LogP contribution in [0.15, 0.2) is 12.3 Å². The lowest BCUT2D eigenvalue weighted by atomic mass is 10.0. The van der Waals surface area contributed by atoms with E-state index < -0.39 is 18.0 Å². The van der Waals surface area contributed by atoms with Gasteiger partial charge in [-0.15, -0.1) is 0 Å². The van der Waals surface area contributed by atoms with Gasteiger partial charge in [0, 0.05) is 33.3 Å². The second kappa shape index (κ2) is 5.98. The van der Waals surface area contributed by atoms with Crippen LogP contribution in [0.4, 0.5) is 18.9 Å². The number of hydrogen-bond acceptors (Lipinski definition) is 4. The highest BCUT2D eigenvalue weighted by Gasteiger charge is 2.34. The highest BCUT2D eigenvalue weighted by molar-refractivity contribution is 5.96. The summed E-state index contributed by atoms with van der Waals surface area (Å²) < 4.78 is 48.4. The largest absolute Gasteiger partial charge is 0.417 e. The van der Waals surface area contributed by atoms with Crippen molar-refractivity contribution in [1.29, 1.82) is 0 Å². The number of anilines is 1. The summed E-state index contributed by atoms with van der Waals surface area (Å²) in [6.45, 7) is 0.0157. The molecule has 0 aromatic carbocycles. The Kier molecular flexibility index (Phi) is 4.48. The minimum atomic E-state index is -4.50. The fourth-order valence-electron chi connectivity index (χ4n) is 2.15. The van der Waals surface area contributed by atoms with Crippen LogP contribution in [0.3, 0.4) is 0 Å². The van der Waals surface area contributed by atoms with Crippen LogP contribution >= 0.6 is 0 Å². The molecule has 0 saturated carbocycles. The van der Waals surface area contributed by atoms with E-state index in [2.05, 4.69) is 4.98 Å². The third-order valence-electron chi connectivity index (χ3n) is 3.30. The predicted molar refractivity (Wildman–Crippen MR) is 67.7 cm³/mol. The number of rotatable bonds is 4. The fraction of sp³-hybridized carbons (Fsp3) is 0.538. The molecule has 21 heavy (non-hydrogen) atoms. The van der Waals surface area contributed by atoms with Gasteiger partial charge in [0.25, 0.3) is 0 Å². The van der Waals surface area contributed by atoms with Gasteiger partial charge in [0.1, 0.15) is 0 Å². The summed E-state index contributed by atoms with van der Waals surface area (Å²) in [6, 6.07) is 0.946. The topological polar surface area (TPSA) is 51.7 Å². The minimum Gasteiger partial charge on any atom is -0.354 e. The van der Waals surface area contributed by atoms with Crippen LogP contribution in [-0.4, -0.2) is 37.9 Å². The van der Waals surface area contributed by atoms with E-state index >= 15 is 0 Å². The van der Waals surface area contributed by atoms with Crippen molar-refractivity contribution in [1.82, 2.24) is 4.98 Å². The Morgan fingerprint density at radius 2 is 2.00 bits per heavy atom. The number of aromatic nitrogens is 1. The van der Waals surface area contributed by atoms with E-state index in [0.717, 1.165) is 12.3 Å². The van der Waals surface area contributed by atoms with Gasteiger partial charge in [-0.25, -0.2) is 0 Å². The maximum atomic E-state index is 12.8. The van der Waals surface area contributed by atoms with Gasteiger partial charge in [0.15, 0.2) is 6.29 Å². The molecule has 0 unspecified atom stereocenters. The van der Waals surface area contributed by atoms with Gasteiger partial charge in [-0.05, 0) is 6.07 Å². The molecule has 1 aliphatic rings. The number of alkyl halides is 3. The Morgan fingerprint density at radius 1 is 1.33 bits per heavy atom. The first-order valence-electron chi connectivity index (χ1n) is 6.29. The lowest BCUT2D eigenvalue weighted by molar-refractivity contribution is -0.138. The summed E-state index contributed by atoms with van der Waals surface area (Å²) in [5.74, 6) is -0.275. The van der Waals surface area contributed by atoms with Crippen LogP contribution in [0.5, 0.6) is 0 Å². The molecular formula is C13H15F3N2O3. The highest BCUT2D eigenvalue weighted by Crippen LogP contribution is 2.34. The molecule has 2 heterocycles. The van der Waals surface area contributed by atoms with E-state index in [1.54, 1.807) is 0 Å². The Bertz CT molecular complexity index is 530. The molecule has 2 rings (SSSR count). The summed E-state index contributed by atoms with van der Waals surface area (Å²) >= 11 is 0. The number of methoxy groups -OCH3 is 2. The van der Waals surface area contributed by atoms with Crippen LogP contribution in [0.2, 0.25) is 0 Å². The number of halogens is 3. The van der Waals surface area contributed by atoms with Crippen molar-refractivity contribution >= 4 is 11.6 Å². The summed E-state index contributed by atoms with van der Waals surface area (Å²) in [4.78, 5) is 17.1. The quantitative estimate of drug-likeness (QED) is 0.798. The number of ether oxygens (including phenoxy) is 2. The smallest absolute Gasteiger partial charge is 0.354 e. The lowest BCUT2D eigenvalue weighted by Crippen LogP contribution is -2.42. The first kappa shape index (κ1) is 15.7. The lowest BCUT2D eigenvalue weighted by Gasteiger charge is -2.31. The van der Waals surface area contributed by atoms with Gasteiger partial charge in [0.05, 0.1) is 23.5 Å². The van der Waals surface area contributed by atoms with Crippen molar-refractivity contribution in [3.8, 4) is 0 Å². The zero-order chi connectivity index (χ0) is 15.6. The molecule has 1 aliphatic heterocycles. The summed E-state index contributed by atoms with van der Waals surface area (Å²) in [5, 5.41) is 0. The molecular weight excluding hydrogens is 289 g/mol. The Balaban J connectivity index is 2.38. The molecule has 8 heteroatoms. The first-order valence-corrected chi connectivity index (χ1v) is 6.29. The molecule has 0 atom stereocenters. The number of nitrogens with zero attached hydrogens (tertiary/aromatic N) is 2. The number of aryl methyl sites for hydroxylation is 1. The first-order chi connectivity index (χ1) is 9.86. The van der Waals surface area contributed by atoms with Crippen LogP contribution < -0.4 is 4.90 Å². The Morgan fingerprint density at radius 3 is 2.57 bits per heavy atom. The van der Waals surface area contributed by atoms with Crippen LogP contribution in [0.1, 0.15) is 17.7 Å². The molecule has 0 fully saturated rings. The zero-order valence-electron chi connectivity index (χ0n) is 11.6. The predicted octanol–water partition coefficient (Wildman–Crippen LogP) is 2.00. The number of carbonyl (C=O) groups excluding carboxylic acids is 1. The molecule has 0 saturated heterocycles. The summed E-state index contributed by atoms with van der Waals surface area (Å²) in [7, 11) is 2.79. The molecule has 116 valence electrons. The van der Waals surface area contributed by atoms with E-state index in [1.807, 2.05) is 0 Å². The minimum absolute atomic E-state index is 0.0157. The molecule has 1 aromatic rings. The molecule has 0 N–H and O–H groups in total. The third kappa shape index (κ3) is 3.33. The average Bonchev–Trinajstić information content (AvgIpc) is 2.45. The van der Waals surface area contributed by atoms with Gasteiger partial charge in [-0.1, -0.05) is 0 Å². The number of carbonyl (C=O) groups is 1. The molecule has 1 amide bonds. The SMILES string of the molecule is COC(CN1C(=O)CCc2ncc(C(F)(F)F)cc21)OC. The molecule has 5 nitrogen and oxygen atoms in total. The Hall–Kier alpha value is -1.67. The van der Waals surface area contributed by atoms with Crippen molar-refractivity contribution in [2.45, 2.75) is 25.3 Å². The van der Waals surface area contributed by atoms with Gasteiger partial charge in [0.2, 0.25) is 5.91 Å². The second-order valence-corrected chi connectivity index (χ2v) is 4.59. The Labute approximate surface area is 119 Å². The highest BCUT2D eigenvalue weighted by atomic mass is 19.4. The number of amides is 1. The van der Waals surface area contributed by atoms with Crippen molar-refractivity contribution in [3.63, 3.8) is 0 Å². The van der Waals surface area contributed by atoms with Crippen LogP contribution in [0, 0.1) is 0 Å². The molecule has 0 radical (unpaired) electrons.